The van der Waals surface area contributed by atoms with Crippen molar-refractivity contribution < 1.29 is 14.3 Å². The van der Waals surface area contributed by atoms with E-state index in [-0.39, 0.29) is 11.9 Å². The zero-order chi connectivity index (χ0) is 19.3. The smallest absolute Gasteiger partial charge is 0.274 e. The first-order valence-corrected chi connectivity index (χ1v) is 9.70. The molecule has 2 aliphatic rings. The van der Waals surface area contributed by atoms with E-state index in [9.17, 15) is 4.79 Å². The first-order chi connectivity index (χ1) is 13.7. The molecule has 4 heterocycles. The van der Waals surface area contributed by atoms with E-state index in [1.54, 1.807) is 18.3 Å². The number of nitrogens with one attached hydrogen (secondary N) is 1. The van der Waals surface area contributed by atoms with E-state index in [1.165, 1.54) is 7.11 Å². The second-order valence-corrected chi connectivity index (χ2v) is 7.13. The van der Waals surface area contributed by atoms with Crippen molar-refractivity contribution in [3.05, 3.63) is 42.0 Å². The van der Waals surface area contributed by atoms with Crippen molar-refractivity contribution in [3.8, 4) is 5.75 Å². The summed E-state index contributed by atoms with van der Waals surface area (Å²) in [6, 6.07) is 5.51. The van der Waals surface area contributed by atoms with Crippen molar-refractivity contribution in [2.24, 2.45) is 0 Å². The SMILES string of the molecule is COc1cccnc1C(=O)NC1CCN(c2nccc(C3CCOCC3)n2)C1. The summed E-state index contributed by atoms with van der Waals surface area (Å²) >= 11 is 0. The third-order valence-electron chi connectivity index (χ3n) is 5.32. The van der Waals surface area contributed by atoms with Gasteiger partial charge in [-0.25, -0.2) is 15.0 Å². The lowest BCUT2D eigenvalue weighted by Crippen LogP contribution is -2.38. The van der Waals surface area contributed by atoms with Gasteiger partial charge < -0.3 is 19.7 Å². The number of carbonyl (C=O) groups excluding carboxylic acids is 1. The predicted molar refractivity (Wildman–Crippen MR) is 104 cm³/mol. The van der Waals surface area contributed by atoms with Crippen LogP contribution in [0.2, 0.25) is 0 Å². The molecule has 2 aliphatic heterocycles. The van der Waals surface area contributed by atoms with Crippen LogP contribution < -0.4 is 15.0 Å². The fourth-order valence-corrected chi connectivity index (χ4v) is 3.77. The van der Waals surface area contributed by atoms with E-state index >= 15 is 0 Å². The second kappa shape index (κ2) is 8.52. The minimum absolute atomic E-state index is 0.0227. The third kappa shape index (κ3) is 4.06. The summed E-state index contributed by atoms with van der Waals surface area (Å²) in [7, 11) is 1.54. The number of rotatable bonds is 5. The Morgan fingerprint density at radius 3 is 2.89 bits per heavy atom. The topological polar surface area (TPSA) is 89.5 Å². The molecule has 0 spiro atoms. The highest BCUT2D eigenvalue weighted by atomic mass is 16.5. The highest BCUT2D eigenvalue weighted by Crippen LogP contribution is 2.27. The van der Waals surface area contributed by atoms with Crippen molar-refractivity contribution >= 4 is 11.9 Å². The van der Waals surface area contributed by atoms with Gasteiger partial charge in [-0.3, -0.25) is 4.79 Å². The van der Waals surface area contributed by atoms with E-state index in [1.807, 2.05) is 12.3 Å². The Morgan fingerprint density at radius 2 is 2.07 bits per heavy atom. The Morgan fingerprint density at radius 1 is 1.21 bits per heavy atom. The summed E-state index contributed by atoms with van der Waals surface area (Å²) < 4.78 is 10.7. The molecule has 1 unspecified atom stereocenters. The Balaban J connectivity index is 1.39. The Kier molecular flexibility index (Phi) is 5.66. The van der Waals surface area contributed by atoms with Crippen molar-refractivity contribution in [2.45, 2.75) is 31.2 Å². The molecule has 0 aliphatic carbocycles. The van der Waals surface area contributed by atoms with E-state index < -0.39 is 0 Å². The van der Waals surface area contributed by atoms with Gasteiger partial charge in [0.25, 0.3) is 5.91 Å². The van der Waals surface area contributed by atoms with Crippen LogP contribution in [0.4, 0.5) is 5.95 Å². The van der Waals surface area contributed by atoms with Crippen LogP contribution in [0.3, 0.4) is 0 Å². The molecule has 28 heavy (non-hydrogen) atoms. The number of ether oxygens (including phenoxy) is 2. The largest absolute Gasteiger partial charge is 0.494 e. The maximum atomic E-state index is 12.6. The summed E-state index contributed by atoms with van der Waals surface area (Å²) in [5, 5.41) is 3.05. The molecule has 0 radical (unpaired) electrons. The van der Waals surface area contributed by atoms with Gasteiger partial charge in [0.15, 0.2) is 5.69 Å². The molecular formula is C20H25N5O3. The first-order valence-electron chi connectivity index (χ1n) is 9.70. The van der Waals surface area contributed by atoms with E-state index in [4.69, 9.17) is 14.5 Å². The molecule has 1 N–H and O–H groups in total. The number of methoxy groups -OCH3 is 1. The molecule has 1 atom stereocenters. The van der Waals surface area contributed by atoms with Gasteiger partial charge in [0.1, 0.15) is 5.75 Å². The average molecular weight is 383 g/mol. The number of hydrogen-bond donors (Lipinski definition) is 1. The molecule has 4 rings (SSSR count). The van der Waals surface area contributed by atoms with Gasteiger partial charge in [-0.05, 0) is 37.5 Å². The van der Waals surface area contributed by atoms with E-state index in [0.29, 0.717) is 23.9 Å². The van der Waals surface area contributed by atoms with Crippen LogP contribution >= 0.6 is 0 Å². The van der Waals surface area contributed by atoms with E-state index in [0.717, 1.165) is 50.7 Å². The lowest BCUT2D eigenvalue weighted by molar-refractivity contribution is 0.0845. The van der Waals surface area contributed by atoms with Gasteiger partial charge in [0.05, 0.1) is 7.11 Å². The molecular weight excluding hydrogens is 358 g/mol. The lowest BCUT2D eigenvalue weighted by atomic mass is 9.96. The maximum Gasteiger partial charge on any atom is 0.274 e. The zero-order valence-corrected chi connectivity index (χ0v) is 16.0. The molecule has 1 amide bonds. The molecule has 2 saturated heterocycles. The van der Waals surface area contributed by atoms with Crippen LogP contribution in [0.15, 0.2) is 30.6 Å². The zero-order valence-electron chi connectivity index (χ0n) is 16.0. The molecule has 8 nitrogen and oxygen atoms in total. The predicted octanol–water partition coefficient (Wildman–Crippen LogP) is 1.78. The maximum absolute atomic E-state index is 12.6. The monoisotopic (exact) mass is 383 g/mol. The van der Waals surface area contributed by atoms with Crippen molar-refractivity contribution in [2.75, 3.05) is 38.3 Å². The molecule has 2 aromatic rings. The molecule has 0 bridgehead atoms. The van der Waals surface area contributed by atoms with Gasteiger partial charge in [0.2, 0.25) is 5.95 Å². The van der Waals surface area contributed by atoms with Gasteiger partial charge >= 0.3 is 0 Å². The van der Waals surface area contributed by atoms with Crippen molar-refractivity contribution in [1.82, 2.24) is 20.3 Å². The van der Waals surface area contributed by atoms with Gasteiger partial charge in [-0.2, -0.15) is 0 Å². The number of nitrogens with zero attached hydrogens (tertiary/aromatic N) is 4. The second-order valence-electron chi connectivity index (χ2n) is 7.13. The molecule has 0 aromatic carbocycles. The number of aromatic nitrogens is 3. The minimum Gasteiger partial charge on any atom is -0.494 e. The summed E-state index contributed by atoms with van der Waals surface area (Å²) in [6.45, 7) is 3.07. The van der Waals surface area contributed by atoms with Gasteiger partial charge in [-0.15, -0.1) is 0 Å². The average Bonchev–Trinajstić information content (AvgIpc) is 3.23. The number of amides is 1. The van der Waals surface area contributed by atoms with Crippen LogP contribution in [0.1, 0.15) is 41.4 Å². The standard InChI is InChI=1S/C20H25N5O3/c1-27-17-3-2-8-21-18(17)19(26)23-15-5-10-25(13-15)20-22-9-4-16(24-20)14-6-11-28-12-7-14/h2-4,8-9,14-15H,5-7,10-13H2,1H3,(H,23,26). The van der Waals surface area contributed by atoms with Gasteiger partial charge in [-0.1, -0.05) is 0 Å². The number of hydrogen-bond acceptors (Lipinski definition) is 7. The molecule has 8 heteroatoms. The quantitative estimate of drug-likeness (QED) is 0.842. The fourth-order valence-electron chi connectivity index (χ4n) is 3.77. The summed E-state index contributed by atoms with van der Waals surface area (Å²) in [4.78, 5) is 28.1. The van der Waals surface area contributed by atoms with Crippen LogP contribution in [0.5, 0.6) is 5.75 Å². The number of pyridine rings is 1. The molecule has 2 aromatic heterocycles. The third-order valence-corrected chi connectivity index (χ3v) is 5.32. The number of anilines is 1. The molecule has 148 valence electrons. The highest BCUT2D eigenvalue weighted by molar-refractivity contribution is 5.95. The lowest BCUT2D eigenvalue weighted by Gasteiger charge is -2.23. The minimum atomic E-state index is -0.221. The van der Waals surface area contributed by atoms with Crippen molar-refractivity contribution in [1.29, 1.82) is 0 Å². The fraction of sp³-hybridized carbons (Fsp3) is 0.500. The summed E-state index contributed by atoms with van der Waals surface area (Å²) in [6.07, 6.45) is 6.26. The van der Waals surface area contributed by atoms with Crippen LogP contribution in [0, 0.1) is 0 Å². The highest BCUT2D eigenvalue weighted by Gasteiger charge is 2.28. The Hall–Kier alpha value is -2.74. The van der Waals surface area contributed by atoms with Gasteiger partial charge in [0, 0.05) is 56.4 Å². The van der Waals surface area contributed by atoms with Crippen molar-refractivity contribution in [3.63, 3.8) is 0 Å². The first kappa shape index (κ1) is 18.6. The summed E-state index contributed by atoms with van der Waals surface area (Å²) in [5.41, 5.74) is 1.39. The normalized spacial score (nSPS) is 20.2. The van der Waals surface area contributed by atoms with Crippen LogP contribution in [-0.4, -0.2) is 60.3 Å². The Labute approximate surface area is 164 Å². The Bertz CT molecular complexity index is 825. The number of carbonyl (C=O) groups is 1. The molecule has 2 fully saturated rings. The summed E-state index contributed by atoms with van der Waals surface area (Å²) in [5.74, 6) is 1.42. The van der Waals surface area contributed by atoms with E-state index in [2.05, 4.69) is 20.2 Å². The molecule has 0 saturated carbocycles. The van der Waals surface area contributed by atoms with Crippen LogP contribution in [-0.2, 0) is 4.74 Å². The van der Waals surface area contributed by atoms with Crippen LogP contribution in [0.25, 0.3) is 0 Å².